The van der Waals surface area contributed by atoms with Gasteiger partial charge in [0.05, 0.1) is 12.9 Å². The first kappa shape index (κ1) is 12.5. The van der Waals surface area contributed by atoms with Crippen molar-refractivity contribution in [3.8, 4) is 0 Å². The van der Waals surface area contributed by atoms with Crippen molar-refractivity contribution in [2.45, 2.75) is 6.67 Å². The molecule has 0 amide bonds. The molecule has 0 aromatic carbocycles. The van der Waals surface area contributed by atoms with Crippen molar-refractivity contribution < 1.29 is 0 Å². The van der Waals surface area contributed by atoms with E-state index < -0.39 is 8.37 Å². The van der Waals surface area contributed by atoms with Gasteiger partial charge in [0, 0.05) is 6.20 Å². The first-order valence-corrected chi connectivity index (χ1v) is 5.92. The van der Waals surface area contributed by atoms with Crippen LogP contribution in [0.1, 0.15) is 0 Å². The van der Waals surface area contributed by atoms with Gasteiger partial charge in [0.2, 0.25) is 0 Å². The first-order valence-electron chi connectivity index (χ1n) is 4.72. The summed E-state index contributed by atoms with van der Waals surface area (Å²) in [7, 11) is 10.0. The van der Waals surface area contributed by atoms with Crippen LogP contribution in [0, 0.1) is 0 Å². The minimum absolute atomic E-state index is 0.433. The van der Waals surface area contributed by atoms with Crippen LogP contribution in [0.15, 0.2) is 12.4 Å². The standard InChI is InChI=1S/C8H19N6P/c1-11(2)15(12(3)4)13(5)8-14-7-6-9-10-14/h6-7H,8H2,1-5H3. The van der Waals surface area contributed by atoms with E-state index in [0.717, 1.165) is 6.67 Å². The third-order valence-corrected chi connectivity index (χ3v) is 4.01. The Hall–Kier alpha value is -0.550. The highest BCUT2D eigenvalue weighted by Gasteiger charge is 2.20. The maximum atomic E-state index is 3.96. The van der Waals surface area contributed by atoms with Gasteiger partial charge in [-0.05, 0) is 35.2 Å². The monoisotopic (exact) mass is 230 g/mol. The quantitative estimate of drug-likeness (QED) is 0.690. The van der Waals surface area contributed by atoms with E-state index in [0.29, 0.717) is 0 Å². The molecule has 0 aliphatic heterocycles. The third-order valence-electron chi connectivity index (χ3n) is 1.84. The lowest BCUT2D eigenvalue weighted by Gasteiger charge is -2.36. The molecule has 6 nitrogen and oxygen atoms in total. The smallest absolute Gasteiger partial charge is 0.120 e. The largest absolute Gasteiger partial charge is 0.263 e. The molecule has 1 rings (SSSR count). The molecule has 0 saturated carbocycles. The van der Waals surface area contributed by atoms with Crippen LogP contribution in [0.25, 0.3) is 0 Å². The van der Waals surface area contributed by atoms with Crippen molar-refractivity contribution >= 4 is 8.37 Å². The van der Waals surface area contributed by atoms with E-state index in [4.69, 9.17) is 0 Å². The van der Waals surface area contributed by atoms with Crippen LogP contribution in [0.5, 0.6) is 0 Å². The van der Waals surface area contributed by atoms with E-state index in [-0.39, 0.29) is 0 Å². The van der Waals surface area contributed by atoms with E-state index in [9.17, 15) is 0 Å². The summed E-state index contributed by atoms with van der Waals surface area (Å²) in [6, 6.07) is 0. The molecule has 86 valence electrons. The average molecular weight is 230 g/mol. The summed E-state index contributed by atoms with van der Waals surface area (Å²) in [4.78, 5) is 0. The van der Waals surface area contributed by atoms with E-state index in [1.807, 2.05) is 10.9 Å². The van der Waals surface area contributed by atoms with Gasteiger partial charge in [-0.3, -0.25) is 9.34 Å². The molecule has 0 N–H and O–H groups in total. The Morgan fingerprint density at radius 1 is 1.13 bits per heavy atom. The first-order chi connectivity index (χ1) is 7.02. The molecule has 0 fully saturated rings. The normalized spacial score (nSPS) is 12.3. The average Bonchev–Trinajstić information content (AvgIpc) is 2.54. The Bertz CT molecular complexity index is 265. The lowest BCUT2D eigenvalue weighted by atomic mass is 10.9. The maximum absolute atomic E-state index is 3.96. The van der Waals surface area contributed by atoms with Crippen molar-refractivity contribution in [3.63, 3.8) is 0 Å². The fourth-order valence-corrected chi connectivity index (χ4v) is 3.72. The number of rotatable bonds is 5. The minimum Gasteiger partial charge on any atom is -0.263 e. The second kappa shape index (κ2) is 5.51. The van der Waals surface area contributed by atoms with Gasteiger partial charge in [-0.2, -0.15) is 0 Å². The lowest BCUT2D eigenvalue weighted by molar-refractivity contribution is 0.356. The topological polar surface area (TPSA) is 40.4 Å². The number of hydrogen-bond donors (Lipinski definition) is 0. The third kappa shape index (κ3) is 3.50. The van der Waals surface area contributed by atoms with Gasteiger partial charge in [-0.1, -0.05) is 5.21 Å². The Kier molecular flexibility index (Phi) is 4.60. The molecule has 0 aliphatic carbocycles. The van der Waals surface area contributed by atoms with Crippen LogP contribution in [0.2, 0.25) is 0 Å². The summed E-state index contributed by atoms with van der Waals surface area (Å²) in [6.07, 6.45) is 3.57. The highest BCUT2D eigenvalue weighted by Crippen LogP contribution is 2.42. The van der Waals surface area contributed by atoms with Crippen molar-refractivity contribution in [1.29, 1.82) is 0 Å². The van der Waals surface area contributed by atoms with Crippen LogP contribution in [0.3, 0.4) is 0 Å². The zero-order valence-electron chi connectivity index (χ0n) is 9.99. The molecular formula is C8H19N6P. The Morgan fingerprint density at radius 3 is 2.13 bits per heavy atom. The van der Waals surface area contributed by atoms with Crippen LogP contribution in [-0.4, -0.2) is 64.2 Å². The van der Waals surface area contributed by atoms with Gasteiger partial charge < -0.3 is 0 Å². The highest BCUT2D eigenvalue weighted by molar-refractivity contribution is 7.49. The SMILES string of the molecule is CN(C)P(N(C)C)N(C)Cn1ccnn1. The molecule has 15 heavy (non-hydrogen) atoms. The second-order valence-electron chi connectivity index (χ2n) is 3.70. The molecule has 1 aromatic heterocycles. The molecule has 0 bridgehead atoms. The van der Waals surface area contributed by atoms with Gasteiger partial charge in [0.15, 0.2) is 0 Å². The molecule has 0 aliphatic rings. The van der Waals surface area contributed by atoms with E-state index in [1.54, 1.807) is 6.20 Å². The molecule has 0 saturated heterocycles. The number of aromatic nitrogens is 3. The maximum Gasteiger partial charge on any atom is 0.120 e. The molecule has 0 radical (unpaired) electrons. The van der Waals surface area contributed by atoms with Gasteiger partial charge in [-0.15, -0.1) is 5.10 Å². The lowest BCUT2D eigenvalue weighted by Crippen LogP contribution is -2.30. The summed E-state index contributed by atoms with van der Waals surface area (Å²) in [6.45, 7) is 0.752. The number of nitrogens with zero attached hydrogens (tertiary/aromatic N) is 6. The zero-order chi connectivity index (χ0) is 11.4. The van der Waals surface area contributed by atoms with Crippen molar-refractivity contribution in [2.75, 3.05) is 35.2 Å². The predicted molar refractivity (Wildman–Crippen MR) is 62.1 cm³/mol. The fraction of sp³-hybridized carbons (Fsp3) is 0.750. The Morgan fingerprint density at radius 2 is 1.73 bits per heavy atom. The second-order valence-corrected chi connectivity index (χ2v) is 6.52. The van der Waals surface area contributed by atoms with Gasteiger partial charge in [-0.25, -0.2) is 9.35 Å². The van der Waals surface area contributed by atoms with Crippen molar-refractivity contribution in [1.82, 2.24) is 29.0 Å². The summed E-state index contributed by atoms with van der Waals surface area (Å²) in [5.74, 6) is 0. The molecule has 1 aromatic rings. The van der Waals surface area contributed by atoms with Crippen molar-refractivity contribution in [3.05, 3.63) is 12.4 Å². The van der Waals surface area contributed by atoms with E-state index in [1.165, 1.54) is 0 Å². The highest BCUT2D eigenvalue weighted by atomic mass is 31.2. The molecule has 0 atom stereocenters. The van der Waals surface area contributed by atoms with Gasteiger partial charge in [0.1, 0.15) is 8.37 Å². The van der Waals surface area contributed by atoms with Crippen LogP contribution in [-0.2, 0) is 6.67 Å². The minimum atomic E-state index is -0.433. The summed E-state index contributed by atoms with van der Waals surface area (Å²) >= 11 is 0. The van der Waals surface area contributed by atoms with E-state index in [2.05, 4.69) is 59.6 Å². The van der Waals surface area contributed by atoms with Gasteiger partial charge in [0.25, 0.3) is 0 Å². The van der Waals surface area contributed by atoms with Crippen molar-refractivity contribution in [2.24, 2.45) is 0 Å². The number of hydrogen-bond acceptors (Lipinski definition) is 5. The molecule has 0 unspecified atom stereocenters. The van der Waals surface area contributed by atoms with Gasteiger partial charge >= 0.3 is 0 Å². The molecule has 7 heteroatoms. The molecule has 1 heterocycles. The summed E-state index contributed by atoms with van der Waals surface area (Å²) < 4.78 is 8.50. The molecular weight excluding hydrogens is 211 g/mol. The van der Waals surface area contributed by atoms with Crippen LogP contribution in [0.4, 0.5) is 0 Å². The van der Waals surface area contributed by atoms with Crippen LogP contribution >= 0.6 is 8.37 Å². The zero-order valence-corrected chi connectivity index (χ0v) is 10.9. The summed E-state index contributed by atoms with van der Waals surface area (Å²) in [5.41, 5.74) is 0. The van der Waals surface area contributed by atoms with Crippen LogP contribution < -0.4 is 0 Å². The summed E-state index contributed by atoms with van der Waals surface area (Å²) in [5, 5.41) is 7.75. The predicted octanol–water partition coefficient (Wildman–Crippen LogP) is 0.517. The molecule has 0 spiro atoms. The Balaban J connectivity index is 2.60. The Labute approximate surface area is 92.4 Å². The fourth-order valence-electron chi connectivity index (χ4n) is 1.54. The van der Waals surface area contributed by atoms with E-state index >= 15 is 0 Å².